The van der Waals surface area contributed by atoms with E-state index in [1.54, 1.807) is 0 Å². The number of unbranched alkanes of at least 4 members (excludes halogenated alkanes) is 6. The van der Waals surface area contributed by atoms with Crippen molar-refractivity contribution in [1.82, 2.24) is 5.32 Å². The fourth-order valence-electron chi connectivity index (χ4n) is 3.29. The lowest BCUT2D eigenvalue weighted by Gasteiger charge is -2.34. The summed E-state index contributed by atoms with van der Waals surface area (Å²) >= 11 is 0. The molecule has 2 heteroatoms. The van der Waals surface area contributed by atoms with E-state index in [1.165, 1.54) is 70.6 Å². The molecule has 20 heavy (non-hydrogen) atoms. The van der Waals surface area contributed by atoms with Crippen LogP contribution in [-0.4, -0.2) is 24.8 Å². The van der Waals surface area contributed by atoms with Gasteiger partial charge in [-0.3, -0.25) is 0 Å². The summed E-state index contributed by atoms with van der Waals surface area (Å²) in [5.41, 5.74) is 0.333. The molecule has 1 aliphatic rings. The van der Waals surface area contributed by atoms with Crippen molar-refractivity contribution in [3.63, 3.8) is 0 Å². The predicted molar refractivity (Wildman–Crippen MR) is 88.3 cm³/mol. The van der Waals surface area contributed by atoms with Crippen LogP contribution < -0.4 is 5.32 Å². The van der Waals surface area contributed by atoms with Gasteiger partial charge in [0.1, 0.15) is 0 Å². The first-order chi connectivity index (χ1) is 9.70. The summed E-state index contributed by atoms with van der Waals surface area (Å²) in [5.74, 6) is 0. The monoisotopic (exact) mass is 283 g/mol. The van der Waals surface area contributed by atoms with Crippen molar-refractivity contribution in [3.8, 4) is 0 Å². The van der Waals surface area contributed by atoms with Gasteiger partial charge in [0, 0.05) is 18.2 Å². The molecule has 0 bridgehead atoms. The summed E-state index contributed by atoms with van der Waals surface area (Å²) in [7, 11) is 0. The van der Waals surface area contributed by atoms with Gasteiger partial charge in [-0.25, -0.2) is 0 Å². The zero-order valence-corrected chi connectivity index (χ0v) is 14.2. The summed E-state index contributed by atoms with van der Waals surface area (Å²) in [6.45, 7) is 8.89. The summed E-state index contributed by atoms with van der Waals surface area (Å²) in [6.07, 6.45) is 14.8. The zero-order chi connectivity index (χ0) is 14.7. The van der Waals surface area contributed by atoms with Gasteiger partial charge in [0.05, 0.1) is 6.61 Å². The Kier molecular flexibility index (Phi) is 9.54. The first kappa shape index (κ1) is 18.0. The van der Waals surface area contributed by atoms with Gasteiger partial charge in [-0.15, -0.1) is 0 Å². The fraction of sp³-hybridized carbons (Fsp3) is 1.00. The number of rotatable bonds is 12. The van der Waals surface area contributed by atoms with E-state index in [-0.39, 0.29) is 0 Å². The lowest BCUT2D eigenvalue weighted by atomic mass is 9.87. The van der Waals surface area contributed by atoms with Crippen LogP contribution in [0.5, 0.6) is 0 Å². The molecular weight excluding hydrogens is 246 g/mol. The Morgan fingerprint density at radius 3 is 2.00 bits per heavy atom. The zero-order valence-electron chi connectivity index (χ0n) is 14.2. The molecule has 0 aliphatic carbocycles. The Morgan fingerprint density at radius 2 is 1.55 bits per heavy atom. The van der Waals surface area contributed by atoms with Gasteiger partial charge in [0.2, 0.25) is 0 Å². The number of nitrogens with one attached hydrogen (secondary N) is 1. The molecular formula is C18H37NO. The van der Waals surface area contributed by atoms with Gasteiger partial charge < -0.3 is 10.1 Å². The molecule has 1 fully saturated rings. The Hall–Kier alpha value is -0.0800. The van der Waals surface area contributed by atoms with Gasteiger partial charge >= 0.3 is 0 Å². The summed E-state index contributed by atoms with van der Waals surface area (Å²) in [4.78, 5) is 0. The molecule has 0 saturated carbocycles. The maximum absolute atomic E-state index is 5.53. The Labute approximate surface area is 127 Å². The van der Waals surface area contributed by atoms with Gasteiger partial charge in [-0.2, -0.15) is 0 Å². The third kappa shape index (κ3) is 7.64. The number of hydrogen-bond acceptors (Lipinski definition) is 2. The minimum atomic E-state index is 0.333. The third-order valence-corrected chi connectivity index (χ3v) is 4.65. The predicted octanol–water partition coefficient (Wildman–Crippen LogP) is 5.06. The van der Waals surface area contributed by atoms with E-state index in [1.807, 2.05) is 0 Å². The van der Waals surface area contributed by atoms with Crippen molar-refractivity contribution >= 4 is 0 Å². The molecule has 2 nitrogen and oxygen atoms in total. The van der Waals surface area contributed by atoms with E-state index in [2.05, 4.69) is 26.1 Å². The summed E-state index contributed by atoms with van der Waals surface area (Å²) in [6, 6.07) is 0.595. The van der Waals surface area contributed by atoms with Crippen LogP contribution in [0.15, 0.2) is 0 Å². The maximum atomic E-state index is 5.53. The fourth-order valence-corrected chi connectivity index (χ4v) is 3.29. The van der Waals surface area contributed by atoms with Crippen LogP contribution in [0.2, 0.25) is 0 Å². The Bertz CT molecular complexity index is 211. The smallest absolute Gasteiger partial charge is 0.0620 e. The molecule has 1 rings (SSSR count). The van der Waals surface area contributed by atoms with E-state index in [0.717, 1.165) is 13.2 Å². The third-order valence-electron chi connectivity index (χ3n) is 4.65. The SMILES string of the molecule is CCCCCCC(C)(CCCCCC)N[C@@H]1CCOC1. The summed E-state index contributed by atoms with van der Waals surface area (Å²) < 4.78 is 5.53. The molecule has 0 spiro atoms. The molecule has 1 saturated heterocycles. The van der Waals surface area contributed by atoms with Crippen LogP contribution in [0.3, 0.4) is 0 Å². The van der Waals surface area contributed by atoms with Crippen molar-refractivity contribution < 1.29 is 4.74 Å². The van der Waals surface area contributed by atoms with Gasteiger partial charge in [0.15, 0.2) is 0 Å². The molecule has 0 radical (unpaired) electrons. The molecule has 1 N–H and O–H groups in total. The molecule has 0 aromatic rings. The average Bonchev–Trinajstić information content (AvgIpc) is 2.93. The van der Waals surface area contributed by atoms with E-state index in [0.29, 0.717) is 11.6 Å². The minimum Gasteiger partial charge on any atom is -0.380 e. The normalized spacial score (nSPS) is 19.6. The van der Waals surface area contributed by atoms with Crippen LogP contribution in [0.4, 0.5) is 0 Å². The molecule has 0 aromatic heterocycles. The standard InChI is InChI=1S/C18H37NO/c1-4-6-8-10-13-18(3,14-11-9-7-5-2)19-17-12-15-20-16-17/h17,19H,4-16H2,1-3H3/t17-/m1/s1. The van der Waals surface area contributed by atoms with Crippen LogP contribution in [0, 0.1) is 0 Å². The van der Waals surface area contributed by atoms with Crippen molar-refractivity contribution in [2.24, 2.45) is 0 Å². The summed E-state index contributed by atoms with van der Waals surface area (Å²) in [5, 5.41) is 3.92. The molecule has 0 amide bonds. The largest absolute Gasteiger partial charge is 0.380 e. The van der Waals surface area contributed by atoms with Crippen LogP contribution in [0.1, 0.15) is 91.4 Å². The highest BCUT2D eigenvalue weighted by molar-refractivity contribution is 4.88. The van der Waals surface area contributed by atoms with Gasteiger partial charge in [-0.05, 0) is 26.2 Å². The highest BCUT2D eigenvalue weighted by Gasteiger charge is 2.28. The van der Waals surface area contributed by atoms with Crippen LogP contribution in [0.25, 0.3) is 0 Å². The van der Waals surface area contributed by atoms with Gasteiger partial charge in [-0.1, -0.05) is 65.2 Å². The van der Waals surface area contributed by atoms with Crippen LogP contribution in [-0.2, 0) is 4.74 Å². The second kappa shape index (κ2) is 10.6. The Balaban J connectivity index is 2.33. The topological polar surface area (TPSA) is 21.3 Å². The Morgan fingerprint density at radius 1 is 0.950 bits per heavy atom. The highest BCUT2D eigenvalue weighted by Crippen LogP contribution is 2.24. The van der Waals surface area contributed by atoms with Crippen molar-refractivity contribution in [2.75, 3.05) is 13.2 Å². The number of ether oxygens (including phenoxy) is 1. The number of hydrogen-bond donors (Lipinski definition) is 1. The maximum Gasteiger partial charge on any atom is 0.0620 e. The highest BCUT2D eigenvalue weighted by atomic mass is 16.5. The van der Waals surface area contributed by atoms with Crippen molar-refractivity contribution in [2.45, 2.75) is 103 Å². The molecule has 0 unspecified atom stereocenters. The van der Waals surface area contributed by atoms with E-state index >= 15 is 0 Å². The minimum absolute atomic E-state index is 0.333. The van der Waals surface area contributed by atoms with E-state index in [4.69, 9.17) is 4.74 Å². The van der Waals surface area contributed by atoms with Crippen LogP contribution >= 0.6 is 0 Å². The van der Waals surface area contributed by atoms with Crippen molar-refractivity contribution in [3.05, 3.63) is 0 Å². The lowest BCUT2D eigenvalue weighted by molar-refractivity contribution is 0.176. The quantitative estimate of drug-likeness (QED) is 0.505. The lowest BCUT2D eigenvalue weighted by Crippen LogP contribution is -2.48. The van der Waals surface area contributed by atoms with E-state index < -0.39 is 0 Å². The van der Waals surface area contributed by atoms with Gasteiger partial charge in [0.25, 0.3) is 0 Å². The molecule has 0 aromatic carbocycles. The molecule has 120 valence electrons. The van der Waals surface area contributed by atoms with E-state index in [9.17, 15) is 0 Å². The van der Waals surface area contributed by atoms with Crippen molar-refractivity contribution in [1.29, 1.82) is 0 Å². The second-order valence-electron chi connectivity index (χ2n) is 6.89. The molecule has 1 heterocycles. The molecule has 1 aliphatic heterocycles. The first-order valence-electron chi connectivity index (χ1n) is 9.05. The molecule has 1 atom stereocenters. The average molecular weight is 284 g/mol. The first-order valence-corrected chi connectivity index (χ1v) is 9.05. The second-order valence-corrected chi connectivity index (χ2v) is 6.89.